The fourth-order valence-corrected chi connectivity index (χ4v) is 2.77. The Bertz CT molecular complexity index is 679. The van der Waals surface area contributed by atoms with E-state index in [1.165, 1.54) is 0 Å². The van der Waals surface area contributed by atoms with Crippen LogP contribution in [0.15, 0.2) is 42.7 Å². The smallest absolute Gasteiger partial charge is 0.249 e. The second kappa shape index (κ2) is 6.64. The number of carbonyl (C=O) groups excluding carboxylic acids is 2. The molecule has 2 aromatic rings. The molecule has 2 amide bonds. The van der Waals surface area contributed by atoms with Crippen molar-refractivity contribution in [3.63, 3.8) is 0 Å². The van der Waals surface area contributed by atoms with Gasteiger partial charge in [-0.3, -0.25) is 14.3 Å². The highest BCUT2D eigenvalue weighted by molar-refractivity contribution is 5.99. The Labute approximate surface area is 135 Å². The van der Waals surface area contributed by atoms with Gasteiger partial charge < -0.3 is 10.2 Å². The molecule has 2 heterocycles. The lowest BCUT2D eigenvalue weighted by Crippen LogP contribution is -2.53. The van der Waals surface area contributed by atoms with Gasteiger partial charge in [-0.05, 0) is 38.0 Å². The quantitative estimate of drug-likeness (QED) is 0.930. The number of amides is 2. The molecular weight excluding hydrogens is 292 g/mol. The van der Waals surface area contributed by atoms with Crippen molar-refractivity contribution in [3.05, 3.63) is 48.3 Å². The number of rotatable bonds is 4. The maximum atomic E-state index is 12.6. The summed E-state index contributed by atoms with van der Waals surface area (Å²) < 4.78 is 1.54. The SMILES string of the molecule is Cc1ccc(N2CCC[C@H](NC(=O)Cn3cccn3)C2=O)cc1. The summed E-state index contributed by atoms with van der Waals surface area (Å²) in [5, 5.41) is 6.83. The molecule has 1 aliphatic rings. The number of hydrogen-bond acceptors (Lipinski definition) is 3. The van der Waals surface area contributed by atoms with Gasteiger partial charge in [0.05, 0.1) is 0 Å². The molecule has 6 nitrogen and oxygen atoms in total. The number of aryl methyl sites for hydroxylation is 1. The predicted molar refractivity (Wildman–Crippen MR) is 86.9 cm³/mol. The third-order valence-electron chi connectivity index (χ3n) is 3.98. The van der Waals surface area contributed by atoms with E-state index in [2.05, 4.69) is 10.4 Å². The lowest BCUT2D eigenvalue weighted by Gasteiger charge is -2.32. The van der Waals surface area contributed by atoms with Gasteiger partial charge in [0.1, 0.15) is 12.6 Å². The topological polar surface area (TPSA) is 67.2 Å². The van der Waals surface area contributed by atoms with Crippen molar-refractivity contribution in [3.8, 4) is 0 Å². The van der Waals surface area contributed by atoms with Crippen LogP contribution in [0.2, 0.25) is 0 Å². The van der Waals surface area contributed by atoms with Crippen molar-refractivity contribution in [2.45, 2.75) is 32.4 Å². The Balaban J connectivity index is 1.65. The molecule has 1 N–H and O–H groups in total. The van der Waals surface area contributed by atoms with Crippen LogP contribution in [-0.4, -0.2) is 34.2 Å². The van der Waals surface area contributed by atoms with Crippen molar-refractivity contribution < 1.29 is 9.59 Å². The highest BCUT2D eigenvalue weighted by Gasteiger charge is 2.30. The van der Waals surface area contributed by atoms with E-state index in [1.807, 2.05) is 31.2 Å². The first-order chi connectivity index (χ1) is 11.1. The summed E-state index contributed by atoms with van der Waals surface area (Å²) in [4.78, 5) is 26.5. The number of benzene rings is 1. The number of piperidine rings is 1. The first-order valence-electron chi connectivity index (χ1n) is 7.78. The zero-order valence-electron chi connectivity index (χ0n) is 13.1. The van der Waals surface area contributed by atoms with E-state index in [0.29, 0.717) is 13.0 Å². The second-order valence-electron chi connectivity index (χ2n) is 5.79. The Morgan fingerprint density at radius 2 is 2.13 bits per heavy atom. The summed E-state index contributed by atoms with van der Waals surface area (Å²) >= 11 is 0. The van der Waals surface area contributed by atoms with Crippen LogP contribution in [0.3, 0.4) is 0 Å². The zero-order chi connectivity index (χ0) is 16.2. The molecule has 1 atom stereocenters. The Kier molecular flexibility index (Phi) is 4.41. The van der Waals surface area contributed by atoms with Gasteiger partial charge in [0.25, 0.3) is 0 Å². The number of aromatic nitrogens is 2. The molecule has 0 unspecified atom stereocenters. The molecule has 120 valence electrons. The van der Waals surface area contributed by atoms with E-state index in [1.54, 1.807) is 28.0 Å². The lowest BCUT2D eigenvalue weighted by atomic mass is 10.0. The van der Waals surface area contributed by atoms with E-state index in [9.17, 15) is 9.59 Å². The molecule has 0 bridgehead atoms. The van der Waals surface area contributed by atoms with Gasteiger partial charge in [0.2, 0.25) is 11.8 Å². The Morgan fingerprint density at radius 3 is 2.83 bits per heavy atom. The van der Waals surface area contributed by atoms with Gasteiger partial charge >= 0.3 is 0 Å². The van der Waals surface area contributed by atoms with E-state index >= 15 is 0 Å². The molecule has 23 heavy (non-hydrogen) atoms. The fourth-order valence-electron chi connectivity index (χ4n) is 2.77. The van der Waals surface area contributed by atoms with Crippen molar-refractivity contribution >= 4 is 17.5 Å². The van der Waals surface area contributed by atoms with Crippen molar-refractivity contribution in [1.29, 1.82) is 0 Å². The average Bonchev–Trinajstić information content (AvgIpc) is 3.03. The fraction of sp³-hybridized carbons (Fsp3) is 0.353. The molecule has 0 saturated carbocycles. The van der Waals surface area contributed by atoms with Crippen LogP contribution in [-0.2, 0) is 16.1 Å². The van der Waals surface area contributed by atoms with Crippen LogP contribution >= 0.6 is 0 Å². The molecule has 6 heteroatoms. The summed E-state index contributed by atoms with van der Waals surface area (Å²) in [5.74, 6) is -0.244. The molecular formula is C17H20N4O2. The van der Waals surface area contributed by atoms with Gasteiger partial charge in [-0.25, -0.2) is 0 Å². The molecule has 1 aromatic carbocycles. The Morgan fingerprint density at radius 1 is 1.35 bits per heavy atom. The third-order valence-corrected chi connectivity index (χ3v) is 3.98. The average molecular weight is 312 g/mol. The van der Waals surface area contributed by atoms with Gasteiger partial charge in [-0.15, -0.1) is 0 Å². The van der Waals surface area contributed by atoms with Crippen LogP contribution in [0.5, 0.6) is 0 Å². The summed E-state index contributed by atoms with van der Waals surface area (Å²) in [5.41, 5.74) is 2.04. The van der Waals surface area contributed by atoms with Gasteiger partial charge in [-0.1, -0.05) is 17.7 Å². The molecule has 3 rings (SSSR count). The molecule has 1 aliphatic heterocycles. The highest BCUT2D eigenvalue weighted by atomic mass is 16.2. The third kappa shape index (κ3) is 3.59. The molecule has 1 saturated heterocycles. The van der Waals surface area contributed by atoms with E-state index in [0.717, 1.165) is 17.7 Å². The second-order valence-corrected chi connectivity index (χ2v) is 5.79. The number of hydrogen-bond donors (Lipinski definition) is 1. The Hall–Kier alpha value is -2.63. The van der Waals surface area contributed by atoms with Crippen molar-refractivity contribution in [1.82, 2.24) is 15.1 Å². The van der Waals surface area contributed by atoms with Crippen LogP contribution in [0.1, 0.15) is 18.4 Å². The lowest BCUT2D eigenvalue weighted by molar-refractivity contribution is -0.128. The summed E-state index contributed by atoms with van der Waals surface area (Å²) in [7, 11) is 0. The van der Waals surface area contributed by atoms with Crippen molar-refractivity contribution in [2.75, 3.05) is 11.4 Å². The van der Waals surface area contributed by atoms with Crippen LogP contribution < -0.4 is 10.2 Å². The van der Waals surface area contributed by atoms with Crippen LogP contribution in [0.4, 0.5) is 5.69 Å². The summed E-state index contributed by atoms with van der Waals surface area (Å²) in [6.45, 7) is 2.83. The number of anilines is 1. The minimum absolute atomic E-state index is 0.0473. The molecule has 1 fully saturated rings. The molecule has 1 aromatic heterocycles. The normalized spacial score (nSPS) is 18.0. The standard InChI is InChI=1S/C17H20N4O2/c1-13-5-7-14(8-6-13)21-11-2-4-15(17(21)23)19-16(22)12-20-10-3-9-18-20/h3,5-10,15H,2,4,11-12H2,1H3,(H,19,22)/t15-/m0/s1. The van der Waals surface area contributed by atoms with Crippen molar-refractivity contribution in [2.24, 2.45) is 0 Å². The predicted octanol–water partition coefficient (Wildman–Crippen LogP) is 1.50. The zero-order valence-corrected chi connectivity index (χ0v) is 13.1. The van der Waals surface area contributed by atoms with Crippen LogP contribution in [0.25, 0.3) is 0 Å². The monoisotopic (exact) mass is 312 g/mol. The van der Waals surface area contributed by atoms with E-state index in [4.69, 9.17) is 0 Å². The first kappa shape index (κ1) is 15.3. The largest absolute Gasteiger partial charge is 0.343 e. The molecule has 0 radical (unpaired) electrons. The van der Waals surface area contributed by atoms with E-state index in [-0.39, 0.29) is 18.4 Å². The maximum Gasteiger partial charge on any atom is 0.249 e. The molecule has 0 aliphatic carbocycles. The van der Waals surface area contributed by atoms with Gasteiger partial charge in [-0.2, -0.15) is 5.10 Å². The highest BCUT2D eigenvalue weighted by Crippen LogP contribution is 2.21. The van der Waals surface area contributed by atoms with Crippen LogP contribution in [0, 0.1) is 6.92 Å². The maximum absolute atomic E-state index is 12.6. The number of carbonyl (C=O) groups is 2. The number of nitrogens with one attached hydrogen (secondary N) is 1. The summed E-state index contributed by atoms with van der Waals surface area (Å²) in [6.07, 6.45) is 4.89. The minimum atomic E-state index is -0.465. The number of nitrogens with zero attached hydrogens (tertiary/aromatic N) is 3. The van der Waals surface area contributed by atoms with Gasteiger partial charge in [0, 0.05) is 24.6 Å². The summed E-state index contributed by atoms with van der Waals surface area (Å²) in [6, 6.07) is 9.17. The first-order valence-corrected chi connectivity index (χ1v) is 7.78. The molecule has 0 spiro atoms. The van der Waals surface area contributed by atoms with Gasteiger partial charge in [0.15, 0.2) is 0 Å². The van der Waals surface area contributed by atoms with E-state index < -0.39 is 6.04 Å². The minimum Gasteiger partial charge on any atom is -0.343 e.